The molecule has 0 heterocycles. The Morgan fingerprint density at radius 2 is 2.06 bits per heavy atom. The Morgan fingerprint density at radius 3 is 2.61 bits per heavy atom. The molecule has 4 nitrogen and oxygen atoms in total. The van der Waals surface area contributed by atoms with Crippen LogP contribution in [-0.4, -0.2) is 50.1 Å². The molecule has 2 N–H and O–H groups in total. The molecule has 0 aliphatic heterocycles. The van der Waals surface area contributed by atoms with Crippen molar-refractivity contribution in [3.63, 3.8) is 0 Å². The molecule has 106 valence electrons. The predicted molar refractivity (Wildman–Crippen MR) is 79.1 cm³/mol. The fourth-order valence-corrected chi connectivity index (χ4v) is 2.34. The number of aliphatic imine (C=N–C) groups is 1. The van der Waals surface area contributed by atoms with Gasteiger partial charge >= 0.3 is 0 Å². The van der Waals surface area contributed by atoms with E-state index in [0.717, 1.165) is 19.0 Å². The maximum absolute atomic E-state index is 4.29. The minimum atomic E-state index is 0.628. The first-order valence-corrected chi connectivity index (χ1v) is 7.34. The second-order valence-corrected chi connectivity index (χ2v) is 5.36. The molecule has 0 bridgehead atoms. The zero-order valence-corrected chi connectivity index (χ0v) is 12.5. The van der Waals surface area contributed by atoms with Gasteiger partial charge in [0.25, 0.3) is 0 Å². The monoisotopic (exact) mass is 254 g/mol. The number of rotatable bonds is 6. The third-order valence-corrected chi connectivity index (χ3v) is 4.02. The lowest BCUT2D eigenvalue weighted by atomic mass is 10.2. The van der Waals surface area contributed by atoms with E-state index in [4.69, 9.17) is 0 Å². The Morgan fingerprint density at radius 1 is 1.39 bits per heavy atom. The number of nitrogens with one attached hydrogen (secondary N) is 2. The maximum Gasteiger partial charge on any atom is 0.191 e. The molecule has 0 spiro atoms. The fourth-order valence-electron chi connectivity index (χ4n) is 2.34. The molecule has 0 aromatic rings. The van der Waals surface area contributed by atoms with Crippen LogP contribution in [0.2, 0.25) is 0 Å². The second-order valence-electron chi connectivity index (χ2n) is 5.36. The van der Waals surface area contributed by atoms with Crippen molar-refractivity contribution in [3.8, 4) is 0 Å². The van der Waals surface area contributed by atoms with Gasteiger partial charge in [0, 0.05) is 32.2 Å². The van der Waals surface area contributed by atoms with Gasteiger partial charge in [-0.2, -0.15) is 0 Å². The third-order valence-electron chi connectivity index (χ3n) is 4.02. The molecule has 1 saturated carbocycles. The van der Waals surface area contributed by atoms with Crippen molar-refractivity contribution in [2.24, 2.45) is 4.99 Å². The van der Waals surface area contributed by atoms with Gasteiger partial charge in [0.2, 0.25) is 0 Å². The summed E-state index contributed by atoms with van der Waals surface area (Å²) in [4.78, 5) is 6.67. The SMILES string of the molecule is CCC(C)N(C)CCNC(=NC)NC1CCCC1. The first kappa shape index (κ1) is 15.3. The smallest absolute Gasteiger partial charge is 0.191 e. The molecule has 0 amide bonds. The van der Waals surface area contributed by atoms with Crippen LogP contribution >= 0.6 is 0 Å². The number of nitrogens with zero attached hydrogens (tertiary/aromatic N) is 2. The van der Waals surface area contributed by atoms with Crippen molar-refractivity contribution in [2.75, 3.05) is 27.2 Å². The van der Waals surface area contributed by atoms with E-state index in [1.807, 2.05) is 7.05 Å². The molecule has 1 aliphatic rings. The summed E-state index contributed by atoms with van der Waals surface area (Å²) < 4.78 is 0. The van der Waals surface area contributed by atoms with Crippen molar-refractivity contribution in [2.45, 2.75) is 58.0 Å². The van der Waals surface area contributed by atoms with Crippen LogP contribution in [0.3, 0.4) is 0 Å². The van der Waals surface area contributed by atoms with Crippen LogP contribution in [-0.2, 0) is 0 Å². The molecule has 1 rings (SSSR count). The molecular formula is C14H30N4. The van der Waals surface area contributed by atoms with E-state index < -0.39 is 0 Å². The molecule has 1 atom stereocenters. The summed E-state index contributed by atoms with van der Waals surface area (Å²) in [6.45, 7) is 6.51. The summed E-state index contributed by atoms with van der Waals surface area (Å²) in [6, 6.07) is 1.28. The molecule has 18 heavy (non-hydrogen) atoms. The van der Waals surface area contributed by atoms with Crippen molar-refractivity contribution < 1.29 is 0 Å². The summed E-state index contributed by atoms with van der Waals surface area (Å²) in [5.41, 5.74) is 0. The number of hydrogen-bond acceptors (Lipinski definition) is 2. The molecular weight excluding hydrogens is 224 g/mol. The Kier molecular flexibility index (Phi) is 7.09. The summed E-state index contributed by atoms with van der Waals surface area (Å²) in [5, 5.41) is 6.91. The van der Waals surface area contributed by atoms with Gasteiger partial charge in [-0.3, -0.25) is 4.99 Å². The van der Waals surface area contributed by atoms with Crippen molar-refractivity contribution in [1.29, 1.82) is 0 Å². The number of guanidine groups is 1. The zero-order valence-electron chi connectivity index (χ0n) is 12.5. The van der Waals surface area contributed by atoms with Crippen LogP contribution in [0.5, 0.6) is 0 Å². The van der Waals surface area contributed by atoms with Gasteiger partial charge in [-0.15, -0.1) is 0 Å². The molecule has 1 unspecified atom stereocenters. The summed E-state index contributed by atoms with van der Waals surface area (Å²) in [5.74, 6) is 0.958. The van der Waals surface area contributed by atoms with Crippen LogP contribution in [0.1, 0.15) is 46.0 Å². The Balaban J connectivity index is 2.19. The number of hydrogen-bond donors (Lipinski definition) is 2. The van der Waals surface area contributed by atoms with E-state index in [2.05, 4.69) is 41.4 Å². The number of likely N-dealkylation sites (N-methyl/N-ethyl adjacent to an activating group) is 1. The van der Waals surface area contributed by atoms with Crippen molar-refractivity contribution >= 4 is 5.96 Å². The standard InChI is InChI=1S/C14H30N4/c1-5-12(2)18(4)11-10-16-14(15-3)17-13-8-6-7-9-13/h12-13H,5-11H2,1-4H3,(H2,15,16,17). The van der Waals surface area contributed by atoms with Crippen LogP contribution in [0.4, 0.5) is 0 Å². The molecule has 1 aliphatic carbocycles. The van der Waals surface area contributed by atoms with Crippen molar-refractivity contribution in [3.05, 3.63) is 0 Å². The van der Waals surface area contributed by atoms with Crippen LogP contribution in [0.15, 0.2) is 4.99 Å². The highest BCUT2D eigenvalue weighted by Gasteiger charge is 2.15. The van der Waals surface area contributed by atoms with Gasteiger partial charge in [0.1, 0.15) is 0 Å². The Bertz CT molecular complexity index is 246. The summed E-state index contributed by atoms with van der Waals surface area (Å²) >= 11 is 0. The largest absolute Gasteiger partial charge is 0.355 e. The second kappa shape index (κ2) is 8.35. The lowest BCUT2D eigenvalue weighted by molar-refractivity contribution is 0.255. The van der Waals surface area contributed by atoms with E-state index in [1.165, 1.54) is 32.1 Å². The highest BCUT2D eigenvalue weighted by molar-refractivity contribution is 5.79. The lowest BCUT2D eigenvalue weighted by Gasteiger charge is -2.24. The van der Waals surface area contributed by atoms with Crippen LogP contribution < -0.4 is 10.6 Å². The van der Waals surface area contributed by atoms with E-state index in [9.17, 15) is 0 Å². The summed E-state index contributed by atoms with van der Waals surface area (Å²) in [6.07, 6.45) is 6.48. The molecule has 0 radical (unpaired) electrons. The van der Waals surface area contributed by atoms with Gasteiger partial charge in [0.15, 0.2) is 5.96 Å². The first-order chi connectivity index (χ1) is 8.67. The normalized spacial score (nSPS) is 19.3. The van der Waals surface area contributed by atoms with Crippen molar-refractivity contribution in [1.82, 2.24) is 15.5 Å². The average Bonchev–Trinajstić information content (AvgIpc) is 2.89. The predicted octanol–water partition coefficient (Wildman–Crippen LogP) is 1.82. The minimum absolute atomic E-state index is 0.628. The third kappa shape index (κ3) is 5.25. The van der Waals surface area contributed by atoms with Gasteiger partial charge in [-0.05, 0) is 33.2 Å². The Hall–Kier alpha value is -0.770. The summed E-state index contributed by atoms with van der Waals surface area (Å²) in [7, 11) is 4.03. The average molecular weight is 254 g/mol. The fraction of sp³-hybridized carbons (Fsp3) is 0.929. The molecule has 0 aromatic heterocycles. The molecule has 0 saturated heterocycles. The highest BCUT2D eigenvalue weighted by atomic mass is 15.2. The maximum atomic E-state index is 4.29. The van der Waals surface area contributed by atoms with Gasteiger partial charge in [-0.1, -0.05) is 19.8 Å². The van der Waals surface area contributed by atoms with E-state index in [0.29, 0.717) is 12.1 Å². The minimum Gasteiger partial charge on any atom is -0.355 e. The first-order valence-electron chi connectivity index (χ1n) is 7.34. The highest BCUT2D eigenvalue weighted by Crippen LogP contribution is 2.17. The quantitative estimate of drug-likeness (QED) is 0.561. The molecule has 1 fully saturated rings. The molecule has 4 heteroatoms. The van der Waals surface area contributed by atoms with Gasteiger partial charge in [-0.25, -0.2) is 0 Å². The van der Waals surface area contributed by atoms with Crippen LogP contribution in [0.25, 0.3) is 0 Å². The van der Waals surface area contributed by atoms with Gasteiger partial charge < -0.3 is 15.5 Å². The Labute approximate surface area is 112 Å². The lowest BCUT2D eigenvalue weighted by Crippen LogP contribution is -2.45. The van der Waals surface area contributed by atoms with Crippen LogP contribution in [0, 0.1) is 0 Å². The van der Waals surface area contributed by atoms with E-state index in [1.54, 1.807) is 0 Å². The zero-order chi connectivity index (χ0) is 13.4. The van der Waals surface area contributed by atoms with E-state index in [-0.39, 0.29) is 0 Å². The van der Waals surface area contributed by atoms with E-state index >= 15 is 0 Å². The topological polar surface area (TPSA) is 39.7 Å². The van der Waals surface area contributed by atoms with Gasteiger partial charge in [0.05, 0.1) is 0 Å². The molecule has 0 aromatic carbocycles.